The Morgan fingerprint density at radius 3 is 1.79 bits per heavy atom. The van der Waals surface area contributed by atoms with Crippen LogP contribution in [-0.2, 0) is 0 Å². The highest BCUT2D eigenvalue weighted by molar-refractivity contribution is 5.64. The van der Waals surface area contributed by atoms with Gasteiger partial charge in [0.1, 0.15) is 0 Å². The second kappa shape index (κ2) is 6.29. The van der Waals surface area contributed by atoms with E-state index < -0.39 is 0 Å². The Balaban J connectivity index is 1.60. The van der Waals surface area contributed by atoms with Gasteiger partial charge in [-0.15, -0.1) is 0 Å². The summed E-state index contributed by atoms with van der Waals surface area (Å²) in [6.07, 6.45) is 10.4. The Hall–Kier alpha value is -3.54. The van der Waals surface area contributed by atoms with Crippen LogP contribution in [0, 0.1) is 0 Å². The summed E-state index contributed by atoms with van der Waals surface area (Å²) in [5, 5.41) is 0. The predicted molar refractivity (Wildman–Crippen MR) is 89.5 cm³/mol. The molecule has 6 heteroatoms. The van der Waals surface area contributed by atoms with Gasteiger partial charge in [0.05, 0.1) is 11.4 Å². The van der Waals surface area contributed by atoms with E-state index in [0.29, 0.717) is 11.6 Å². The molecule has 0 fully saturated rings. The molecule has 0 atom stereocenters. The lowest BCUT2D eigenvalue weighted by molar-refractivity contribution is 1.08. The number of nitrogens with zero attached hydrogens (tertiary/aromatic N) is 6. The molecule has 0 aliphatic carbocycles. The van der Waals surface area contributed by atoms with Gasteiger partial charge in [-0.1, -0.05) is 12.1 Å². The van der Waals surface area contributed by atoms with Crippen molar-refractivity contribution in [2.24, 2.45) is 0 Å². The van der Waals surface area contributed by atoms with Crippen molar-refractivity contribution in [1.82, 2.24) is 29.9 Å². The molecule has 0 aliphatic heterocycles. The number of hydrogen-bond acceptors (Lipinski definition) is 6. The topological polar surface area (TPSA) is 77.3 Å². The van der Waals surface area contributed by atoms with Crippen LogP contribution in [0.2, 0.25) is 0 Å². The Morgan fingerprint density at radius 2 is 1.12 bits per heavy atom. The second-order valence-corrected chi connectivity index (χ2v) is 5.01. The maximum Gasteiger partial charge on any atom is 0.197 e. The van der Waals surface area contributed by atoms with E-state index in [9.17, 15) is 0 Å². The van der Waals surface area contributed by atoms with E-state index in [2.05, 4.69) is 29.9 Å². The van der Waals surface area contributed by atoms with E-state index in [4.69, 9.17) is 0 Å². The maximum atomic E-state index is 4.46. The standard InChI is InChI=1S/C18H12N6/c1-2-7-19-15(4-1)16-6-5-13(10-22-16)14-11-23-18(24-12-14)17-20-8-3-9-21-17/h1-12H. The summed E-state index contributed by atoms with van der Waals surface area (Å²) in [5.74, 6) is 1.00. The molecule has 4 aromatic heterocycles. The van der Waals surface area contributed by atoms with Crippen molar-refractivity contribution in [2.45, 2.75) is 0 Å². The van der Waals surface area contributed by atoms with Crippen molar-refractivity contribution >= 4 is 0 Å². The minimum absolute atomic E-state index is 0.498. The largest absolute Gasteiger partial charge is 0.255 e. The molecule has 0 unspecified atom stereocenters. The van der Waals surface area contributed by atoms with Gasteiger partial charge in [0.25, 0.3) is 0 Å². The molecule has 0 amide bonds. The first-order valence-electron chi connectivity index (χ1n) is 7.37. The molecule has 6 nitrogen and oxygen atoms in total. The van der Waals surface area contributed by atoms with Gasteiger partial charge >= 0.3 is 0 Å². The molecule has 0 bridgehead atoms. The first kappa shape index (κ1) is 14.1. The highest BCUT2D eigenvalue weighted by Gasteiger charge is 2.06. The van der Waals surface area contributed by atoms with Crippen LogP contribution in [0.25, 0.3) is 34.2 Å². The monoisotopic (exact) mass is 312 g/mol. The smallest absolute Gasteiger partial charge is 0.197 e. The Labute approximate surface area is 138 Å². The lowest BCUT2D eigenvalue weighted by atomic mass is 10.1. The fraction of sp³-hybridized carbons (Fsp3) is 0. The molecule has 4 heterocycles. The second-order valence-electron chi connectivity index (χ2n) is 5.01. The Kier molecular flexibility index (Phi) is 3.69. The van der Waals surface area contributed by atoms with Gasteiger partial charge in [-0.2, -0.15) is 0 Å². The normalized spacial score (nSPS) is 10.5. The molecule has 4 rings (SSSR count). The summed E-state index contributed by atoms with van der Waals surface area (Å²) in [5.41, 5.74) is 3.50. The molecule has 0 saturated carbocycles. The maximum absolute atomic E-state index is 4.46. The zero-order chi connectivity index (χ0) is 16.2. The first-order chi connectivity index (χ1) is 11.9. The van der Waals surface area contributed by atoms with Crippen molar-refractivity contribution in [3.05, 3.63) is 73.6 Å². The van der Waals surface area contributed by atoms with Gasteiger partial charge in [0.2, 0.25) is 0 Å². The van der Waals surface area contributed by atoms with Crippen LogP contribution in [0.1, 0.15) is 0 Å². The minimum atomic E-state index is 0.498. The fourth-order valence-electron chi connectivity index (χ4n) is 2.24. The van der Waals surface area contributed by atoms with Gasteiger partial charge in [0, 0.05) is 48.3 Å². The van der Waals surface area contributed by atoms with E-state index in [1.807, 2.05) is 30.3 Å². The van der Waals surface area contributed by atoms with E-state index in [-0.39, 0.29) is 0 Å². The first-order valence-corrected chi connectivity index (χ1v) is 7.37. The highest BCUT2D eigenvalue weighted by atomic mass is 15.0. The molecule has 0 aliphatic rings. The third kappa shape index (κ3) is 2.85. The summed E-state index contributed by atoms with van der Waals surface area (Å²) >= 11 is 0. The Morgan fingerprint density at radius 1 is 0.458 bits per heavy atom. The van der Waals surface area contributed by atoms with E-state index >= 15 is 0 Å². The summed E-state index contributed by atoms with van der Waals surface area (Å²) in [7, 11) is 0. The summed E-state index contributed by atoms with van der Waals surface area (Å²) in [4.78, 5) is 25.7. The zero-order valence-corrected chi connectivity index (χ0v) is 12.6. The van der Waals surface area contributed by atoms with Crippen molar-refractivity contribution in [2.75, 3.05) is 0 Å². The zero-order valence-electron chi connectivity index (χ0n) is 12.6. The molecular weight excluding hydrogens is 300 g/mol. The van der Waals surface area contributed by atoms with E-state index in [1.165, 1.54) is 0 Å². The van der Waals surface area contributed by atoms with Gasteiger partial charge in [0.15, 0.2) is 11.6 Å². The van der Waals surface area contributed by atoms with Crippen LogP contribution in [0.5, 0.6) is 0 Å². The van der Waals surface area contributed by atoms with Crippen molar-refractivity contribution in [1.29, 1.82) is 0 Å². The van der Waals surface area contributed by atoms with Crippen LogP contribution in [0.4, 0.5) is 0 Å². The SMILES string of the molecule is c1ccc(-c2ccc(-c3cnc(-c4ncccn4)nc3)cn2)nc1. The summed E-state index contributed by atoms with van der Waals surface area (Å²) in [6, 6.07) is 11.4. The van der Waals surface area contributed by atoms with Crippen LogP contribution in [0.3, 0.4) is 0 Å². The summed E-state index contributed by atoms with van der Waals surface area (Å²) < 4.78 is 0. The minimum Gasteiger partial charge on any atom is -0.255 e. The Bertz CT molecular complexity index is 842. The molecule has 0 spiro atoms. The fourth-order valence-corrected chi connectivity index (χ4v) is 2.24. The molecule has 0 radical (unpaired) electrons. The summed E-state index contributed by atoms with van der Waals surface area (Å²) in [6.45, 7) is 0. The van der Waals surface area contributed by atoms with Crippen LogP contribution in [0.15, 0.2) is 73.6 Å². The van der Waals surface area contributed by atoms with Crippen molar-refractivity contribution in [3.63, 3.8) is 0 Å². The van der Waals surface area contributed by atoms with Gasteiger partial charge in [-0.05, 0) is 24.3 Å². The number of hydrogen-bond donors (Lipinski definition) is 0. The number of aromatic nitrogens is 6. The van der Waals surface area contributed by atoms with E-state index in [1.54, 1.807) is 43.2 Å². The lowest BCUT2D eigenvalue weighted by Gasteiger charge is -2.04. The molecular formula is C18H12N6. The third-order valence-electron chi connectivity index (χ3n) is 3.44. The molecule has 114 valence electrons. The predicted octanol–water partition coefficient (Wildman–Crippen LogP) is 3.06. The van der Waals surface area contributed by atoms with E-state index in [0.717, 1.165) is 22.5 Å². The highest BCUT2D eigenvalue weighted by Crippen LogP contribution is 2.21. The van der Waals surface area contributed by atoms with Gasteiger partial charge in [-0.25, -0.2) is 19.9 Å². The number of pyridine rings is 2. The van der Waals surface area contributed by atoms with Crippen LogP contribution >= 0.6 is 0 Å². The van der Waals surface area contributed by atoms with Crippen LogP contribution in [-0.4, -0.2) is 29.9 Å². The van der Waals surface area contributed by atoms with Crippen molar-refractivity contribution in [3.8, 4) is 34.2 Å². The van der Waals surface area contributed by atoms with Gasteiger partial charge in [-0.3, -0.25) is 9.97 Å². The quantitative estimate of drug-likeness (QED) is 0.578. The molecule has 24 heavy (non-hydrogen) atoms. The molecule has 4 aromatic rings. The number of rotatable bonds is 3. The average Bonchev–Trinajstić information content (AvgIpc) is 2.70. The third-order valence-corrected chi connectivity index (χ3v) is 3.44. The molecule has 0 saturated heterocycles. The van der Waals surface area contributed by atoms with Crippen LogP contribution < -0.4 is 0 Å². The lowest BCUT2D eigenvalue weighted by Crippen LogP contribution is -1.94. The van der Waals surface area contributed by atoms with Gasteiger partial charge < -0.3 is 0 Å². The average molecular weight is 312 g/mol. The van der Waals surface area contributed by atoms with Crippen molar-refractivity contribution < 1.29 is 0 Å². The molecule has 0 aromatic carbocycles. The molecule has 0 N–H and O–H groups in total.